The number of hydrogen-bond acceptors (Lipinski definition) is 3. The van der Waals surface area contributed by atoms with Gasteiger partial charge in [-0.15, -0.1) is 0 Å². The minimum Gasteiger partial charge on any atom is -0.361 e. The van der Waals surface area contributed by atoms with E-state index in [0.29, 0.717) is 6.54 Å². The summed E-state index contributed by atoms with van der Waals surface area (Å²) in [5.41, 5.74) is 9.63. The Hall–Kier alpha value is -0.970. The predicted molar refractivity (Wildman–Crippen MR) is 83.2 cm³/mol. The minimum absolute atomic E-state index is 0.708. The van der Waals surface area contributed by atoms with E-state index in [9.17, 15) is 0 Å². The van der Waals surface area contributed by atoms with E-state index in [1.807, 2.05) is 11.9 Å². The number of nitrogens with zero attached hydrogens (tertiary/aromatic N) is 1. The number of aromatic amines is 1. The van der Waals surface area contributed by atoms with Gasteiger partial charge in [-0.2, -0.15) is 0 Å². The fraction of sp³-hybridized carbons (Fsp3) is 0.467. The van der Waals surface area contributed by atoms with Crippen LogP contribution < -0.4 is 5.73 Å². The van der Waals surface area contributed by atoms with Gasteiger partial charge in [0.1, 0.15) is 0 Å². The van der Waals surface area contributed by atoms with Crippen molar-refractivity contribution in [2.24, 2.45) is 5.73 Å². The highest BCUT2D eigenvalue weighted by molar-refractivity contribution is 7.96. The molecule has 0 bridgehead atoms. The maximum Gasteiger partial charge on any atom is 0.0457 e. The van der Waals surface area contributed by atoms with Gasteiger partial charge in [-0.3, -0.25) is 4.31 Å². The molecule has 4 heteroatoms. The van der Waals surface area contributed by atoms with E-state index in [0.717, 1.165) is 12.2 Å². The summed E-state index contributed by atoms with van der Waals surface area (Å²) in [4.78, 5) is 3.32. The Labute approximate surface area is 118 Å². The summed E-state index contributed by atoms with van der Waals surface area (Å²) < 4.78 is 2.49. The fourth-order valence-electron chi connectivity index (χ4n) is 2.66. The van der Waals surface area contributed by atoms with Crippen molar-refractivity contribution in [3.8, 4) is 0 Å². The lowest BCUT2D eigenvalue weighted by atomic mass is 10.1. The van der Waals surface area contributed by atoms with Gasteiger partial charge in [0.15, 0.2) is 0 Å². The van der Waals surface area contributed by atoms with Crippen molar-refractivity contribution in [1.82, 2.24) is 9.29 Å². The van der Waals surface area contributed by atoms with Crippen LogP contribution in [0.2, 0.25) is 0 Å². The van der Waals surface area contributed by atoms with Crippen LogP contribution in [0, 0.1) is 0 Å². The fourth-order valence-corrected chi connectivity index (χ4v) is 3.69. The SMILES string of the molecule is NCCc1c[nH]c2ccc(CSN3CCCC3)cc12. The third kappa shape index (κ3) is 2.96. The van der Waals surface area contributed by atoms with E-state index >= 15 is 0 Å². The van der Waals surface area contributed by atoms with Gasteiger partial charge < -0.3 is 10.7 Å². The number of nitrogens with one attached hydrogen (secondary N) is 1. The van der Waals surface area contributed by atoms with Crippen molar-refractivity contribution in [3.63, 3.8) is 0 Å². The van der Waals surface area contributed by atoms with Gasteiger partial charge >= 0.3 is 0 Å². The van der Waals surface area contributed by atoms with Crippen LogP contribution in [0.4, 0.5) is 0 Å². The smallest absolute Gasteiger partial charge is 0.0457 e. The Kier molecular flexibility index (Phi) is 4.11. The van der Waals surface area contributed by atoms with E-state index < -0.39 is 0 Å². The Morgan fingerprint density at radius 1 is 1.26 bits per heavy atom. The molecule has 0 unspecified atom stereocenters. The summed E-state index contributed by atoms with van der Waals surface area (Å²) in [7, 11) is 0. The molecule has 0 aliphatic carbocycles. The van der Waals surface area contributed by atoms with Gasteiger partial charge in [-0.1, -0.05) is 18.0 Å². The summed E-state index contributed by atoms with van der Waals surface area (Å²) in [6.07, 6.45) is 5.74. The molecule has 1 saturated heterocycles. The van der Waals surface area contributed by atoms with Crippen LogP contribution in [0.3, 0.4) is 0 Å². The first-order chi connectivity index (χ1) is 9.36. The van der Waals surface area contributed by atoms with E-state index in [1.165, 1.54) is 48.0 Å². The first-order valence-corrected chi connectivity index (χ1v) is 7.98. The summed E-state index contributed by atoms with van der Waals surface area (Å²) in [6, 6.07) is 6.74. The molecule has 1 aromatic carbocycles. The lowest BCUT2D eigenvalue weighted by molar-refractivity contribution is 0.586. The molecule has 0 amide bonds. The highest BCUT2D eigenvalue weighted by Crippen LogP contribution is 2.25. The molecule has 2 heterocycles. The Morgan fingerprint density at radius 3 is 2.89 bits per heavy atom. The molecular formula is C15H21N3S. The van der Waals surface area contributed by atoms with Gasteiger partial charge in [0.2, 0.25) is 0 Å². The molecule has 3 rings (SSSR count). The van der Waals surface area contributed by atoms with Crippen molar-refractivity contribution in [3.05, 3.63) is 35.5 Å². The maximum absolute atomic E-state index is 5.67. The van der Waals surface area contributed by atoms with E-state index in [1.54, 1.807) is 0 Å². The van der Waals surface area contributed by atoms with E-state index in [4.69, 9.17) is 5.73 Å². The molecule has 0 spiro atoms. The number of nitrogens with two attached hydrogens (primary N) is 1. The normalized spacial score (nSPS) is 16.5. The Morgan fingerprint density at radius 2 is 2.11 bits per heavy atom. The van der Waals surface area contributed by atoms with Gasteiger partial charge in [-0.25, -0.2) is 0 Å². The number of benzene rings is 1. The lowest BCUT2D eigenvalue weighted by Gasteiger charge is -2.13. The molecule has 1 aromatic heterocycles. The van der Waals surface area contributed by atoms with Crippen LogP contribution in [-0.2, 0) is 12.2 Å². The van der Waals surface area contributed by atoms with Gasteiger partial charge in [-0.05, 0) is 49.1 Å². The average molecular weight is 275 g/mol. The molecule has 19 heavy (non-hydrogen) atoms. The molecule has 0 radical (unpaired) electrons. The van der Waals surface area contributed by atoms with Crippen LogP contribution in [0.15, 0.2) is 24.4 Å². The van der Waals surface area contributed by atoms with Crippen molar-refractivity contribution >= 4 is 22.9 Å². The zero-order chi connectivity index (χ0) is 13.1. The number of rotatable bonds is 5. The molecule has 2 aromatic rings. The molecule has 102 valence electrons. The second-order valence-electron chi connectivity index (χ2n) is 5.14. The number of hydrogen-bond donors (Lipinski definition) is 2. The topological polar surface area (TPSA) is 45.1 Å². The number of H-pyrrole nitrogens is 1. The summed E-state index contributed by atoms with van der Waals surface area (Å²) in [5, 5.41) is 1.34. The van der Waals surface area contributed by atoms with Gasteiger partial charge in [0, 0.05) is 35.9 Å². The molecule has 0 atom stereocenters. The zero-order valence-electron chi connectivity index (χ0n) is 11.2. The number of aromatic nitrogens is 1. The van der Waals surface area contributed by atoms with Crippen LogP contribution in [0.5, 0.6) is 0 Å². The first-order valence-electron chi connectivity index (χ1n) is 7.03. The molecule has 1 aliphatic rings. The van der Waals surface area contributed by atoms with E-state index in [2.05, 4.69) is 33.7 Å². The summed E-state index contributed by atoms with van der Waals surface area (Å²) in [5.74, 6) is 1.07. The summed E-state index contributed by atoms with van der Waals surface area (Å²) in [6.45, 7) is 3.20. The molecular weight excluding hydrogens is 254 g/mol. The Bertz CT molecular complexity index is 543. The highest BCUT2D eigenvalue weighted by Gasteiger charge is 2.12. The van der Waals surface area contributed by atoms with Crippen LogP contribution in [-0.4, -0.2) is 28.9 Å². The van der Waals surface area contributed by atoms with Gasteiger partial charge in [0.25, 0.3) is 0 Å². The van der Waals surface area contributed by atoms with Gasteiger partial charge in [0.05, 0.1) is 0 Å². The quantitative estimate of drug-likeness (QED) is 0.825. The van der Waals surface area contributed by atoms with Crippen LogP contribution in [0.1, 0.15) is 24.0 Å². The third-order valence-electron chi connectivity index (χ3n) is 3.72. The molecule has 1 aliphatic heterocycles. The van der Waals surface area contributed by atoms with Crippen molar-refractivity contribution in [2.75, 3.05) is 19.6 Å². The highest BCUT2D eigenvalue weighted by atomic mass is 32.2. The zero-order valence-corrected chi connectivity index (χ0v) is 12.0. The predicted octanol–water partition coefficient (Wildman–Crippen LogP) is 2.91. The van der Waals surface area contributed by atoms with Crippen molar-refractivity contribution in [2.45, 2.75) is 25.0 Å². The number of fused-ring (bicyclic) bond motifs is 1. The third-order valence-corrected chi connectivity index (χ3v) is 4.92. The van der Waals surface area contributed by atoms with Crippen molar-refractivity contribution < 1.29 is 0 Å². The second-order valence-corrected chi connectivity index (χ2v) is 6.21. The first kappa shape index (κ1) is 13.0. The maximum atomic E-state index is 5.67. The van der Waals surface area contributed by atoms with Crippen LogP contribution in [0.25, 0.3) is 10.9 Å². The van der Waals surface area contributed by atoms with Crippen molar-refractivity contribution in [1.29, 1.82) is 0 Å². The lowest BCUT2D eigenvalue weighted by Crippen LogP contribution is -2.09. The standard InChI is InChI=1S/C15H21N3S/c16-6-5-13-10-17-15-4-3-12(9-14(13)15)11-19-18-7-1-2-8-18/h3-4,9-10,17H,1-2,5-8,11,16H2. The van der Waals surface area contributed by atoms with E-state index in [-0.39, 0.29) is 0 Å². The summed E-state index contributed by atoms with van der Waals surface area (Å²) >= 11 is 1.97. The molecule has 3 N–H and O–H groups in total. The largest absolute Gasteiger partial charge is 0.361 e. The van der Waals surface area contributed by atoms with Crippen LogP contribution >= 0.6 is 11.9 Å². The average Bonchev–Trinajstić information content (AvgIpc) is 3.07. The molecule has 0 saturated carbocycles. The monoisotopic (exact) mass is 275 g/mol. The molecule has 1 fully saturated rings. The minimum atomic E-state index is 0.708. The Balaban J connectivity index is 1.73. The second kappa shape index (κ2) is 5.99. The molecule has 3 nitrogen and oxygen atoms in total.